The standard InChI is InChI=1S/C23H37N3O2/c1-7-14-26(22(28)23(2,3)4)16-18-15-19(12-13-20(18)25(5)6)24-21(27)17-10-8-9-11-17/h12-13,15,17H,7-11,14,16H2,1-6H3,(H,24,27). The van der Waals surface area contributed by atoms with Gasteiger partial charge in [-0.05, 0) is 43.0 Å². The molecule has 28 heavy (non-hydrogen) atoms. The second-order valence-electron chi connectivity index (χ2n) is 9.19. The van der Waals surface area contributed by atoms with Crippen molar-refractivity contribution in [1.82, 2.24) is 4.90 Å². The van der Waals surface area contributed by atoms with E-state index in [0.29, 0.717) is 6.54 Å². The molecule has 0 radical (unpaired) electrons. The molecule has 1 aliphatic carbocycles. The minimum Gasteiger partial charge on any atom is -0.377 e. The highest BCUT2D eigenvalue weighted by Gasteiger charge is 2.28. The summed E-state index contributed by atoms with van der Waals surface area (Å²) in [4.78, 5) is 29.4. The Balaban J connectivity index is 2.26. The average Bonchev–Trinajstić information content (AvgIpc) is 3.14. The van der Waals surface area contributed by atoms with E-state index in [9.17, 15) is 9.59 Å². The second kappa shape index (κ2) is 9.44. The highest BCUT2D eigenvalue weighted by molar-refractivity contribution is 5.93. The van der Waals surface area contributed by atoms with Crippen LogP contribution in [0.3, 0.4) is 0 Å². The van der Waals surface area contributed by atoms with Gasteiger partial charge in [-0.1, -0.05) is 40.5 Å². The van der Waals surface area contributed by atoms with Crippen molar-refractivity contribution in [2.45, 2.75) is 66.3 Å². The molecular formula is C23H37N3O2. The highest BCUT2D eigenvalue weighted by atomic mass is 16.2. The van der Waals surface area contributed by atoms with Gasteiger partial charge < -0.3 is 15.1 Å². The second-order valence-corrected chi connectivity index (χ2v) is 9.19. The normalized spacial score (nSPS) is 14.8. The van der Waals surface area contributed by atoms with Crippen molar-refractivity contribution >= 4 is 23.2 Å². The van der Waals surface area contributed by atoms with Gasteiger partial charge in [-0.15, -0.1) is 0 Å². The van der Waals surface area contributed by atoms with E-state index >= 15 is 0 Å². The number of carbonyl (C=O) groups excluding carboxylic acids is 2. The lowest BCUT2D eigenvalue weighted by Crippen LogP contribution is -2.39. The minimum absolute atomic E-state index is 0.122. The lowest BCUT2D eigenvalue weighted by atomic mass is 9.94. The van der Waals surface area contributed by atoms with Gasteiger partial charge in [-0.2, -0.15) is 0 Å². The van der Waals surface area contributed by atoms with Crippen LogP contribution in [0.4, 0.5) is 11.4 Å². The minimum atomic E-state index is -0.415. The first-order chi connectivity index (χ1) is 13.1. The van der Waals surface area contributed by atoms with Crippen molar-refractivity contribution in [2.24, 2.45) is 11.3 Å². The third-order valence-corrected chi connectivity index (χ3v) is 5.34. The molecule has 1 saturated carbocycles. The smallest absolute Gasteiger partial charge is 0.228 e. The number of nitrogens with zero attached hydrogens (tertiary/aromatic N) is 2. The predicted octanol–water partition coefficient (Wildman–Crippen LogP) is 4.67. The maximum atomic E-state index is 12.9. The van der Waals surface area contributed by atoms with Gasteiger partial charge in [0.1, 0.15) is 0 Å². The van der Waals surface area contributed by atoms with Crippen LogP contribution in [0, 0.1) is 11.3 Å². The summed E-state index contributed by atoms with van der Waals surface area (Å²) in [6, 6.07) is 6.02. The summed E-state index contributed by atoms with van der Waals surface area (Å²) in [6.45, 7) is 9.25. The van der Waals surface area contributed by atoms with E-state index in [4.69, 9.17) is 0 Å². The predicted molar refractivity (Wildman–Crippen MR) is 117 cm³/mol. The summed E-state index contributed by atoms with van der Waals surface area (Å²) >= 11 is 0. The monoisotopic (exact) mass is 387 g/mol. The molecule has 0 unspecified atom stereocenters. The maximum absolute atomic E-state index is 12.9. The van der Waals surface area contributed by atoms with Gasteiger partial charge in [0, 0.05) is 49.9 Å². The topological polar surface area (TPSA) is 52.7 Å². The molecule has 1 N–H and O–H groups in total. The Labute approximate surface area is 170 Å². The molecule has 2 amide bonds. The molecule has 5 heteroatoms. The quantitative estimate of drug-likeness (QED) is 0.740. The molecule has 0 aromatic heterocycles. The van der Waals surface area contributed by atoms with E-state index in [1.165, 1.54) is 0 Å². The first kappa shape index (κ1) is 22.3. The van der Waals surface area contributed by atoms with Gasteiger partial charge >= 0.3 is 0 Å². The number of rotatable bonds is 7. The molecule has 1 aliphatic rings. The van der Waals surface area contributed by atoms with Crippen molar-refractivity contribution in [3.8, 4) is 0 Å². The fourth-order valence-corrected chi connectivity index (χ4v) is 3.86. The molecule has 1 fully saturated rings. The van der Waals surface area contributed by atoms with E-state index < -0.39 is 5.41 Å². The zero-order valence-electron chi connectivity index (χ0n) is 18.5. The Kier molecular flexibility index (Phi) is 7.50. The van der Waals surface area contributed by atoms with Crippen LogP contribution < -0.4 is 10.2 Å². The molecule has 0 heterocycles. The fraction of sp³-hybridized carbons (Fsp3) is 0.652. The van der Waals surface area contributed by atoms with Gasteiger partial charge in [0.2, 0.25) is 11.8 Å². The third-order valence-electron chi connectivity index (χ3n) is 5.34. The van der Waals surface area contributed by atoms with E-state index in [-0.39, 0.29) is 17.7 Å². The zero-order valence-corrected chi connectivity index (χ0v) is 18.5. The number of hydrogen-bond acceptors (Lipinski definition) is 3. The molecule has 0 spiro atoms. The maximum Gasteiger partial charge on any atom is 0.228 e. The molecule has 156 valence electrons. The highest BCUT2D eigenvalue weighted by Crippen LogP contribution is 2.29. The summed E-state index contributed by atoms with van der Waals surface area (Å²) in [5.41, 5.74) is 2.53. The van der Waals surface area contributed by atoms with Crippen molar-refractivity contribution < 1.29 is 9.59 Å². The summed E-state index contributed by atoms with van der Waals surface area (Å²) in [5, 5.41) is 3.09. The summed E-state index contributed by atoms with van der Waals surface area (Å²) in [7, 11) is 4.01. The molecule has 0 aliphatic heterocycles. The van der Waals surface area contributed by atoms with E-state index in [2.05, 4.69) is 17.1 Å². The Hall–Kier alpha value is -2.04. The first-order valence-corrected chi connectivity index (χ1v) is 10.5. The van der Waals surface area contributed by atoms with Crippen molar-refractivity contribution in [3.05, 3.63) is 23.8 Å². The lowest BCUT2D eigenvalue weighted by Gasteiger charge is -2.31. The van der Waals surface area contributed by atoms with E-state index in [0.717, 1.165) is 55.6 Å². The molecule has 0 atom stereocenters. The van der Waals surface area contributed by atoms with Crippen LogP contribution in [0.15, 0.2) is 18.2 Å². The van der Waals surface area contributed by atoms with Crippen LogP contribution in [0.2, 0.25) is 0 Å². The Morgan fingerprint density at radius 1 is 1.14 bits per heavy atom. The Bertz CT molecular complexity index is 686. The van der Waals surface area contributed by atoms with Crippen molar-refractivity contribution in [1.29, 1.82) is 0 Å². The third kappa shape index (κ3) is 5.73. The fourth-order valence-electron chi connectivity index (χ4n) is 3.86. The number of benzene rings is 1. The van der Waals surface area contributed by atoms with Gasteiger partial charge in [-0.3, -0.25) is 9.59 Å². The SMILES string of the molecule is CCCN(Cc1cc(NC(=O)C2CCCC2)ccc1N(C)C)C(=O)C(C)(C)C. The van der Waals surface area contributed by atoms with Crippen molar-refractivity contribution in [2.75, 3.05) is 30.9 Å². The van der Waals surface area contributed by atoms with Crippen LogP contribution in [0.25, 0.3) is 0 Å². The number of anilines is 2. The molecule has 0 bridgehead atoms. The Morgan fingerprint density at radius 2 is 1.79 bits per heavy atom. The molecular weight excluding hydrogens is 350 g/mol. The van der Waals surface area contributed by atoms with Gasteiger partial charge in [0.05, 0.1) is 0 Å². The van der Waals surface area contributed by atoms with Crippen LogP contribution in [0.1, 0.15) is 65.4 Å². The zero-order chi connectivity index (χ0) is 20.9. The average molecular weight is 388 g/mol. The largest absolute Gasteiger partial charge is 0.377 e. The van der Waals surface area contributed by atoms with Crippen LogP contribution in [-0.2, 0) is 16.1 Å². The van der Waals surface area contributed by atoms with Crippen LogP contribution in [0.5, 0.6) is 0 Å². The lowest BCUT2D eigenvalue weighted by molar-refractivity contribution is -0.140. The molecule has 2 rings (SSSR count). The van der Waals surface area contributed by atoms with Crippen molar-refractivity contribution in [3.63, 3.8) is 0 Å². The number of amides is 2. The van der Waals surface area contributed by atoms with Crippen LogP contribution >= 0.6 is 0 Å². The molecule has 1 aromatic rings. The molecule has 1 aromatic carbocycles. The number of nitrogens with one attached hydrogen (secondary N) is 1. The van der Waals surface area contributed by atoms with E-state index in [1.54, 1.807) is 0 Å². The number of hydrogen-bond donors (Lipinski definition) is 1. The summed E-state index contributed by atoms with van der Waals surface area (Å²) < 4.78 is 0. The van der Waals surface area contributed by atoms with Gasteiger partial charge in [-0.25, -0.2) is 0 Å². The van der Waals surface area contributed by atoms with Gasteiger partial charge in [0.15, 0.2) is 0 Å². The first-order valence-electron chi connectivity index (χ1n) is 10.5. The van der Waals surface area contributed by atoms with Crippen LogP contribution in [-0.4, -0.2) is 37.4 Å². The molecule has 5 nitrogen and oxygen atoms in total. The molecule has 0 saturated heterocycles. The number of carbonyl (C=O) groups is 2. The van der Waals surface area contributed by atoms with Gasteiger partial charge in [0.25, 0.3) is 0 Å². The summed E-state index contributed by atoms with van der Waals surface area (Å²) in [6.07, 6.45) is 5.17. The summed E-state index contributed by atoms with van der Waals surface area (Å²) in [5.74, 6) is 0.410. The van der Waals surface area contributed by atoms with E-state index in [1.807, 2.05) is 58.0 Å². The Morgan fingerprint density at radius 3 is 2.32 bits per heavy atom.